The lowest BCUT2D eigenvalue weighted by Gasteiger charge is -2.03. The maximum Gasteiger partial charge on any atom is 0.123 e. The molecule has 1 atom stereocenters. The Kier molecular flexibility index (Phi) is 3.99. The number of rotatable bonds is 4. The van der Waals surface area contributed by atoms with Gasteiger partial charge in [-0.15, -0.1) is 11.3 Å². The van der Waals surface area contributed by atoms with Gasteiger partial charge in [0.05, 0.1) is 12.3 Å². The van der Waals surface area contributed by atoms with Crippen molar-refractivity contribution >= 4 is 11.3 Å². The Morgan fingerprint density at radius 1 is 1.33 bits per heavy atom. The Balaban J connectivity index is 2.28. The van der Waals surface area contributed by atoms with E-state index in [0.717, 1.165) is 26.9 Å². The molecular weight excluding hydrogens is 244 g/mol. The zero-order valence-electron chi connectivity index (χ0n) is 10.9. The number of ether oxygens (including phenoxy) is 1. The van der Waals surface area contributed by atoms with E-state index >= 15 is 0 Å². The summed E-state index contributed by atoms with van der Waals surface area (Å²) in [5.74, 6) is 0.891. The molecule has 1 aromatic carbocycles. The fourth-order valence-electron chi connectivity index (χ4n) is 1.81. The Morgan fingerprint density at radius 2 is 2.00 bits per heavy atom. The molecule has 0 spiro atoms. The minimum absolute atomic E-state index is 0.0407. The summed E-state index contributed by atoms with van der Waals surface area (Å²) in [6.45, 7) is 6.66. The zero-order valence-corrected chi connectivity index (χ0v) is 11.8. The first kappa shape index (κ1) is 13.1. The molecule has 0 aliphatic carbocycles. The molecular formula is C14H18N2OS. The molecule has 96 valence electrons. The standard InChI is InChI=1S/C14H18N2OS/c1-4-17-12-7-5-11(6-8-12)14-16-10(3)13(18-14)9(2)15/h5-9H,4,15H2,1-3H3. The summed E-state index contributed by atoms with van der Waals surface area (Å²) in [7, 11) is 0. The Bertz CT molecular complexity index is 517. The van der Waals surface area contributed by atoms with Gasteiger partial charge in [-0.05, 0) is 45.0 Å². The SMILES string of the molecule is CCOc1ccc(-c2nc(C)c(C(C)N)s2)cc1. The van der Waals surface area contributed by atoms with Gasteiger partial charge in [-0.1, -0.05) is 0 Å². The lowest BCUT2D eigenvalue weighted by atomic mass is 10.2. The molecule has 0 saturated heterocycles. The molecule has 0 fully saturated rings. The second kappa shape index (κ2) is 5.50. The van der Waals surface area contributed by atoms with E-state index < -0.39 is 0 Å². The average Bonchev–Trinajstić information content (AvgIpc) is 2.73. The second-order valence-electron chi connectivity index (χ2n) is 4.21. The molecule has 0 aliphatic heterocycles. The number of aromatic nitrogens is 1. The van der Waals surface area contributed by atoms with Crippen LogP contribution in [-0.2, 0) is 0 Å². The molecule has 0 radical (unpaired) electrons. The summed E-state index contributed by atoms with van der Waals surface area (Å²) < 4.78 is 5.43. The van der Waals surface area contributed by atoms with Gasteiger partial charge >= 0.3 is 0 Å². The first-order valence-corrected chi connectivity index (χ1v) is 6.89. The maximum absolute atomic E-state index is 5.92. The van der Waals surface area contributed by atoms with Gasteiger partial charge in [-0.3, -0.25) is 0 Å². The summed E-state index contributed by atoms with van der Waals surface area (Å²) in [6.07, 6.45) is 0. The van der Waals surface area contributed by atoms with E-state index in [4.69, 9.17) is 10.5 Å². The van der Waals surface area contributed by atoms with Crippen LogP contribution in [0.15, 0.2) is 24.3 Å². The van der Waals surface area contributed by atoms with Crippen LogP contribution in [0, 0.1) is 6.92 Å². The summed E-state index contributed by atoms with van der Waals surface area (Å²) in [4.78, 5) is 5.73. The predicted octanol–water partition coefficient (Wildman–Crippen LogP) is 3.54. The maximum atomic E-state index is 5.92. The van der Waals surface area contributed by atoms with Crippen LogP contribution >= 0.6 is 11.3 Å². The third-order valence-corrected chi connectivity index (χ3v) is 4.07. The highest BCUT2D eigenvalue weighted by molar-refractivity contribution is 7.15. The minimum Gasteiger partial charge on any atom is -0.494 e. The highest BCUT2D eigenvalue weighted by Gasteiger charge is 2.12. The Morgan fingerprint density at radius 3 is 2.50 bits per heavy atom. The molecule has 1 unspecified atom stereocenters. The van der Waals surface area contributed by atoms with E-state index in [9.17, 15) is 0 Å². The van der Waals surface area contributed by atoms with Crippen molar-refractivity contribution in [2.24, 2.45) is 5.73 Å². The number of benzene rings is 1. The number of hydrogen-bond acceptors (Lipinski definition) is 4. The molecule has 1 aromatic heterocycles. The molecule has 1 heterocycles. The lowest BCUT2D eigenvalue weighted by Crippen LogP contribution is -2.03. The number of nitrogens with zero attached hydrogens (tertiary/aromatic N) is 1. The molecule has 0 amide bonds. The van der Waals surface area contributed by atoms with Gasteiger partial charge in [-0.2, -0.15) is 0 Å². The minimum atomic E-state index is 0.0407. The summed E-state index contributed by atoms with van der Waals surface area (Å²) >= 11 is 1.66. The van der Waals surface area contributed by atoms with Crippen LogP contribution < -0.4 is 10.5 Å². The average molecular weight is 262 g/mol. The molecule has 2 aromatic rings. The topological polar surface area (TPSA) is 48.1 Å². The summed E-state index contributed by atoms with van der Waals surface area (Å²) in [5, 5.41) is 1.02. The monoisotopic (exact) mass is 262 g/mol. The van der Waals surface area contributed by atoms with Gasteiger partial charge in [-0.25, -0.2) is 4.98 Å². The fourth-order valence-corrected chi connectivity index (χ4v) is 2.84. The van der Waals surface area contributed by atoms with Crippen molar-refractivity contribution in [3.05, 3.63) is 34.8 Å². The van der Waals surface area contributed by atoms with Crippen LogP contribution in [0.25, 0.3) is 10.6 Å². The summed E-state index contributed by atoms with van der Waals surface area (Å²) in [5.41, 5.74) is 8.06. The first-order valence-electron chi connectivity index (χ1n) is 6.08. The van der Waals surface area contributed by atoms with Gasteiger partial charge in [0.1, 0.15) is 10.8 Å². The Labute approximate surface area is 112 Å². The van der Waals surface area contributed by atoms with Crippen molar-refractivity contribution in [1.82, 2.24) is 4.98 Å². The number of hydrogen-bond donors (Lipinski definition) is 1. The van der Waals surface area contributed by atoms with Gasteiger partial charge in [0, 0.05) is 16.5 Å². The van der Waals surface area contributed by atoms with Crippen molar-refractivity contribution in [3.8, 4) is 16.3 Å². The molecule has 3 nitrogen and oxygen atoms in total. The largest absolute Gasteiger partial charge is 0.494 e. The smallest absolute Gasteiger partial charge is 0.123 e. The van der Waals surface area contributed by atoms with Gasteiger partial charge in [0.2, 0.25) is 0 Å². The molecule has 18 heavy (non-hydrogen) atoms. The molecule has 4 heteroatoms. The molecule has 0 saturated carbocycles. The molecule has 2 N–H and O–H groups in total. The van der Waals surface area contributed by atoms with E-state index in [1.807, 2.05) is 45.0 Å². The van der Waals surface area contributed by atoms with Crippen molar-refractivity contribution in [2.45, 2.75) is 26.8 Å². The predicted molar refractivity (Wildman–Crippen MR) is 76.1 cm³/mol. The van der Waals surface area contributed by atoms with E-state index in [2.05, 4.69) is 4.98 Å². The highest BCUT2D eigenvalue weighted by Crippen LogP contribution is 2.31. The second-order valence-corrected chi connectivity index (χ2v) is 5.25. The van der Waals surface area contributed by atoms with E-state index in [1.165, 1.54) is 0 Å². The van der Waals surface area contributed by atoms with E-state index in [-0.39, 0.29) is 6.04 Å². The molecule has 0 aliphatic rings. The number of nitrogens with two attached hydrogens (primary N) is 1. The van der Waals surface area contributed by atoms with Crippen molar-refractivity contribution < 1.29 is 4.74 Å². The zero-order chi connectivity index (χ0) is 13.1. The molecule has 0 bridgehead atoms. The van der Waals surface area contributed by atoms with Crippen LogP contribution in [0.3, 0.4) is 0 Å². The number of thiazole rings is 1. The summed E-state index contributed by atoms with van der Waals surface area (Å²) in [6, 6.07) is 8.06. The van der Waals surface area contributed by atoms with Crippen molar-refractivity contribution in [1.29, 1.82) is 0 Å². The van der Waals surface area contributed by atoms with Gasteiger partial charge < -0.3 is 10.5 Å². The highest BCUT2D eigenvalue weighted by atomic mass is 32.1. The van der Waals surface area contributed by atoms with Crippen LogP contribution in [0.1, 0.15) is 30.5 Å². The van der Waals surface area contributed by atoms with Crippen LogP contribution in [0.5, 0.6) is 5.75 Å². The third kappa shape index (κ3) is 2.71. The molecule has 2 rings (SSSR count). The van der Waals surface area contributed by atoms with Crippen LogP contribution in [-0.4, -0.2) is 11.6 Å². The third-order valence-electron chi connectivity index (χ3n) is 2.66. The van der Waals surface area contributed by atoms with Crippen LogP contribution in [0.4, 0.5) is 0 Å². The lowest BCUT2D eigenvalue weighted by molar-refractivity contribution is 0.340. The normalized spacial score (nSPS) is 12.4. The van der Waals surface area contributed by atoms with E-state index in [1.54, 1.807) is 11.3 Å². The van der Waals surface area contributed by atoms with Gasteiger partial charge in [0.25, 0.3) is 0 Å². The van der Waals surface area contributed by atoms with Crippen LogP contribution in [0.2, 0.25) is 0 Å². The van der Waals surface area contributed by atoms with E-state index in [0.29, 0.717) is 6.61 Å². The van der Waals surface area contributed by atoms with Crippen molar-refractivity contribution in [2.75, 3.05) is 6.61 Å². The Hall–Kier alpha value is -1.39. The van der Waals surface area contributed by atoms with Crippen molar-refractivity contribution in [3.63, 3.8) is 0 Å². The fraction of sp³-hybridized carbons (Fsp3) is 0.357. The quantitative estimate of drug-likeness (QED) is 0.916. The first-order chi connectivity index (χ1) is 8.61. The van der Waals surface area contributed by atoms with Gasteiger partial charge in [0.15, 0.2) is 0 Å². The number of aryl methyl sites for hydroxylation is 1.